The number of nitrogens with one attached hydrogen (secondary N) is 1. The van der Waals surface area contributed by atoms with Gasteiger partial charge in [0.1, 0.15) is 16.4 Å². The highest BCUT2D eigenvalue weighted by Crippen LogP contribution is 2.17. The van der Waals surface area contributed by atoms with Gasteiger partial charge in [0, 0.05) is 12.1 Å². The molecule has 0 saturated carbocycles. The highest BCUT2D eigenvalue weighted by Gasteiger charge is 2.05. The van der Waals surface area contributed by atoms with Gasteiger partial charge in [-0.15, -0.1) is 6.58 Å². The second-order valence-electron chi connectivity index (χ2n) is 4.96. The molecule has 0 unspecified atom stereocenters. The Kier molecular flexibility index (Phi) is 5.36. The molecule has 0 fully saturated rings. The van der Waals surface area contributed by atoms with Crippen molar-refractivity contribution in [3.05, 3.63) is 73.9 Å². The van der Waals surface area contributed by atoms with Gasteiger partial charge in [0.2, 0.25) is 0 Å². The summed E-state index contributed by atoms with van der Waals surface area (Å²) in [6.07, 6.45) is 5.61. The van der Waals surface area contributed by atoms with Gasteiger partial charge in [0.25, 0.3) is 11.1 Å². The minimum absolute atomic E-state index is 0.243. The van der Waals surface area contributed by atoms with Crippen LogP contribution in [0.4, 0.5) is 0 Å². The highest BCUT2D eigenvalue weighted by atomic mass is 16.5. The summed E-state index contributed by atoms with van der Waals surface area (Å²) in [6.45, 7) is 5.83. The zero-order valence-electron chi connectivity index (χ0n) is 13.3. The molecule has 0 aliphatic carbocycles. The summed E-state index contributed by atoms with van der Waals surface area (Å²) in [5, 5.41) is 0.573. The van der Waals surface area contributed by atoms with Crippen molar-refractivity contribution in [2.45, 2.75) is 19.9 Å². The van der Waals surface area contributed by atoms with E-state index in [1.807, 2.05) is 25.1 Å². The summed E-state index contributed by atoms with van der Waals surface area (Å²) in [5.74, 6) is 0.633. The predicted octanol–water partition coefficient (Wildman–Crippen LogP) is 0.751. The van der Waals surface area contributed by atoms with Gasteiger partial charge in [-0.05, 0) is 18.6 Å². The number of aromatic nitrogens is 2. The third-order valence-electron chi connectivity index (χ3n) is 3.40. The van der Waals surface area contributed by atoms with E-state index in [1.54, 1.807) is 31.4 Å². The van der Waals surface area contributed by atoms with E-state index in [4.69, 9.17) is 4.74 Å². The molecular weight excluding hydrogens is 292 g/mol. The minimum Gasteiger partial charge on any atom is -0.496 e. The van der Waals surface area contributed by atoms with E-state index in [1.165, 1.54) is 4.57 Å². The van der Waals surface area contributed by atoms with E-state index in [0.717, 1.165) is 5.56 Å². The summed E-state index contributed by atoms with van der Waals surface area (Å²) in [6, 6.07) is 7.32. The van der Waals surface area contributed by atoms with Gasteiger partial charge >= 0.3 is 0 Å². The lowest BCUT2D eigenvalue weighted by atomic mass is 10.2. The van der Waals surface area contributed by atoms with E-state index < -0.39 is 0 Å². The molecule has 0 bridgehead atoms. The molecule has 0 saturated heterocycles. The lowest BCUT2D eigenvalue weighted by molar-refractivity contribution is 0.414. The lowest BCUT2D eigenvalue weighted by Gasteiger charge is -2.06. The van der Waals surface area contributed by atoms with E-state index >= 15 is 0 Å². The number of aromatic amines is 1. The fourth-order valence-electron chi connectivity index (χ4n) is 2.35. The van der Waals surface area contributed by atoms with Gasteiger partial charge in [-0.2, -0.15) is 0 Å². The minimum atomic E-state index is -0.322. The lowest BCUT2D eigenvalue weighted by Crippen LogP contribution is -2.53. The first-order valence-corrected chi connectivity index (χ1v) is 7.41. The Morgan fingerprint density at radius 2 is 2.04 bits per heavy atom. The summed E-state index contributed by atoms with van der Waals surface area (Å²) in [4.78, 5) is 27.6. The average Bonchev–Trinajstić information content (AvgIpc) is 2.56. The maximum atomic E-state index is 12.5. The molecule has 1 aromatic carbocycles. The smallest absolute Gasteiger partial charge is 0.274 e. The molecule has 0 radical (unpaired) electrons. The van der Waals surface area contributed by atoms with Crippen molar-refractivity contribution >= 4 is 12.2 Å². The van der Waals surface area contributed by atoms with E-state index in [2.05, 4.69) is 11.6 Å². The number of benzene rings is 1. The predicted molar refractivity (Wildman–Crippen MR) is 92.1 cm³/mol. The fraction of sp³-hybridized carbons (Fsp3) is 0.222. The molecule has 0 spiro atoms. The zero-order valence-corrected chi connectivity index (χ0v) is 13.3. The maximum Gasteiger partial charge on any atom is 0.274 e. The van der Waals surface area contributed by atoms with Gasteiger partial charge in [0.05, 0.1) is 7.11 Å². The number of H-pyrrole nitrogens is 1. The molecule has 120 valence electrons. The molecule has 23 heavy (non-hydrogen) atoms. The Labute approximate surface area is 133 Å². The Hall–Kier alpha value is -2.82. The van der Waals surface area contributed by atoms with Crippen molar-refractivity contribution in [3.8, 4) is 5.75 Å². The van der Waals surface area contributed by atoms with Gasteiger partial charge < -0.3 is 9.72 Å². The Morgan fingerprint density at radius 3 is 2.70 bits per heavy atom. The number of para-hydroxylation sites is 1. The topological polar surface area (TPSA) is 64.1 Å². The molecule has 2 rings (SSSR count). The molecule has 1 aromatic heterocycles. The Balaban J connectivity index is 2.86. The Morgan fingerprint density at radius 1 is 1.30 bits per heavy atom. The monoisotopic (exact) mass is 312 g/mol. The van der Waals surface area contributed by atoms with Crippen LogP contribution in [-0.4, -0.2) is 16.7 Å². The standard InChI is InChI=1S/C18H20N2O3/c1-4-8-14-18(22)20(11-5-2)15(17(21)19-14)12-13-9-6-7-10-16(13)23-3/h5-10,12H,2,4,11H2,1,3H3,(H,19,21)/b14-8-,15-12-. The van der Waals surface area contributed by atoms with Gasteiger partial charge in [-0.25, -0.2) is 0 Å². The molecular formula is C18H20N2O3. The number of hydrogen-bond acceptors (Lipinski definition) is 3. The van der Waals surface area contributed by atoms with Gasteiger partial charge in [0.15, 0.2) is 0 Å². The SMILES string of the molecule is C=CCn1c(=O)/c(=C/CC)[nH]c(=O)/c1=C/c1ccccc1OC. The van der Waals surface area contributed by atoms with Crippen LogP contribution >= 0.6 is 0 Å². The van der Waals surface area contributed by atoms with Gasteiger partial charge in [-0.3, -0.25) is 14.2 Å². The van der Waals surface area contributed by atoms with Crippen molar-refractivity contribution in [2.75, 3.05) is 7.11 Å². The normalized spacial score (nSPS) is 12.4. The second-order valence-corrected chi connectivity index (χ2v) is 4.96. The van der Waals surface area contributed by atoms with E-state index in [0.29, 0.717) is 17.5 Å². The van der Waals surface area contributed by atoms with Crippen molar-refractivity contribution < 1.29 is 4.74 Å². The first-order valence-electron chi connectivity index (χ1n) is 7.41. The van der Waals surface area contributed by atoms with Crippen LogP contribution in [0.3, 0.4) is 0 Å². The molecule has 1 N–H and O–H groups in total. The number of nitrogens with zero attached hydrogens (tertiary/aromatic N) is 1. The average molecular weight is 312 g/mol. The fourth-order valence-corrected chi connectivity index (χ4v) is 2.35. The van der Waals surface area contributed by atoms with E-state index in [9.17, 15) is 9.59 Å². The van der Waals surface area contributed by atoms with Crippen molar-refractivity contribution in [3.63, 3.8) is 0 Å². The first-order chi connectivity index (χ1) is 11.1. The quantitative estimate of drug-likeness (QED) is 0.829. The molecule has 2 aromatic rings. The number of ether oxygens (including phenoxy) is 1. The number of methoxy groups -OCH3 is 1. The summed E-state index contributed by atoms with van der Waals surface area (Å²) >= 11 is 0. The maximum absolute atomic E-state index is 12.5. The van der Waals surface area contributed by atoms with Crippen LogP contribution in [0.25, 0.3) is 12.2 Å². The summed E-state index contributed by atoms with van der Waals surface area (Å²) in [7, 11) is 1.56. The first kappa shape index (κ1) is 16.5. The molecule has 0 amide bonds. The molecule has 0 aliphatic rings. The number of rotatable bonds is 5. The number of hydrogen-bond donors (Lipinski definition) is 1. The van der Waals surface area contributed by atoms with Crippen LogP contribution in [0.2, 0.25) is 0 Å². The van der Waals surface area contributed by atoms with Crippen LogP contribution in [-0.2, 0) is 6.54 Å². The van der Waals surface area contributed by atoms with Crippen LogP contribution < -0.4 is 26.6 Å². The zero-order chi connectivity index (χ0) is 16.8. The van der Waals surface area contributed by atoms with Crippen LogP contribution in [0, 0.1) is 0 Å². The summed E-state index contributed by atoms with van der Waals surface area (Å²) in [5.41, 5.74) is 0.162. The van der Waals surface area contributed by atoms with Crippen molar-refractivity contribution in [1.29, 1.82) is 0 Å². The highest BCUT2D eigenvalue weighted by molar-refractivity contribution is 5.56. The molecule has 0 aliphatic heterocycles. The molecule has 5 heteroatoms. The molecule has 1 heterocycles. The molecule has 5 nitrogen and oxygen atoms in total. The second kappa shape index (κ2) is 7.45. The van der Waals surface area contributed by atoms with Crippen LogP contribution in [0.15, 0.2) is 46.5 Å². The third kappa shape index (κ3) is 3.51. The third-order valence-corrected chi connectivity index (χ3v) is 3.40. The van der Waals surface area contributed by atoms with E-state index in [-0.39, 0.29) is 23.0 Å². The molecule has 0 atom stereocenters. The number of allylic oxidation sites excluding steroid dienone is 1. The largest absolute Gasteiger partial charge is 0.496 e. The van der Waals surface area contributed by atoms with Crippen LogP contribution in [0.5, 0.6) is 5.75 Å². The van der Waals surface area contributed by atoms with Gasteiger partial charge in [-0.1, -0.05) is 37.3 Å². The summed E-state index contributed by atoms with van der Waals surface area (Å²) < 4.78 is 6.71. The Bertz CT molecular complexity index is 936. The van der Waals surface area contributed by atoms with Crippen molar-refractivity contribution in [1.82, 2.24) is 9.55 Å². The van der Waals surface area contributed by atoms with Crippen LogP contribution in [0.1, 0.15) is 18.9 Å². The van der Waals surface area contributed by atoms with Crippen molar-refractivity contribution in [2.24, 2.45) is 0 Å².